The van der Waals surface area contributed by atoms with Crippen LogP contribution in [0.15, 0.2) is 24.4 Å². The van der Waals surface area contributed by atoms with Crippen molar-refractivity contribution >= 4 is 21.9 Å². The molecule has 1 saturated carbocycles. The van der Waals surface area contributed by atoms with Crippen LogP contribution in [0, 0.1) is 17.3 Å². The van der Waals surface area contributed by atoms with Gasteiger partial charge in [0.05, 0.1) is 18.0 Å². The zero-order valence-electron chi connectivity index (χ0n) is 18.2. The predicted octanol–water partition coefficient (Wildman–Crippen LogP) is 2.37. The van der Waals surface area contributed by atoms with E-state index in [4.69, 9.17) is 9.90 Å². The Balaban J connectivity index is 0.000000451. The highest BCUT2D eigenvalue weighted by atomic mass is 32.2. The number of carboxylic acids is 1. The monoisotopic (exact) mass is 479 g/mol. The number of carbonyl (C=O) groups is 2. The third-order valence-electron chi connectivity index (χ3n) is 5.52. The number of rotatable bonds is 6. The van der Waals surface area contributed by atoms with Crippen molar-refractivity contribution in [3.63, 3.8) is 0 Å². The summed E-state index contributed by atoms with van der Waals surface area (Å²) >= 11 is 0. The van der Waals surface area contributed by atoms with Crippen LogP contribution in [0.1, 0.15) is 32.4 Å². The second-order valence-corrected chi connectivity index (χ2v) is 10.7. The first-order chi connectivity index (χ1) is 14.7. The van der Waals surface area contributed by atoms with E-state index in [1.54, 1.807) is 22.4 Å². The molecule has 1 aromatic rings. The number of halogens is 3. The second-order valence-electron chi connectivity index (χ2n) is 8.69. The molecule has 1 aliphatic heterocycles. The number of hydrogen-bond donors (Lipinski definition) is 1. The molecule has 1 saturated heterocycles. The second kappa shape index (κ2) is 9.74. The molecule has 1 amide bonds. The van der Waals surface area contributed by atoms with Crippen molar-refractivity contribution in [1.29, 1.82) is 0 Å². The van der Waals surface area contributed by atoms with Gasteiger partial charge in [0.2, 0.25) is 15.9 Å². The molecule has 2 aliphatic rings. The van der Waals surface area contributed by atoms with Gasteiger partial charge in [-0.05, 0) is 36.3 Å². The van der Waals surface area contributed by atoms with Gasteiger partial charge in [-0.1, -0.05) is 19.9 Å². The molecule has 0 bridgehead atoms. The van der Waals surface area contributed by atoms with Gasteiger partial charge in [-0.2, -0.15) is 13.2 Å². The summed E-state index contributed by atoms with van der Waals surface area (Å²) in [5.41, 5.74) is 0.722. The highest BCUT2D eigenvalue weighted by molar-refractivity contribution is 7.89. The molecule has 0 aromatic carbocycles. The van der Waals surface area contributed by atoms with Crippen molar-refractivity contribution in [1.82, 2.24) is 14.2 Å². The van der Waals surface area contributed by atoms with Crippen LogP contribution in [0.2, 0.25) is 0 Å². The molecule has 1 N–H and O–H groups in total. The summed E-state index contributed by atoms with van der Waals surface area (Å²) in [5.74, 6) is -2.41. The maximum Gasteiger partial charge on any atom is 0.490 e. The quantitative estimate of drug-likeness (QED) is 0.671. The Morgan fingerprint density at radius 3 is 2.47 bits per heavy atom. The van der Waals surface area contributed by atoms with E-state index in [0.29, 0.717) is 19.6 Å². The molecular weight excluding hydrogens is 451 g/mol. The topological polar surface area (TPSA) is 108 Å². The van der Waals surface area contributed by atoms with Gasteiger partial charge in [-0.15, -0.1) is 0 Å². The minimum atomic E-state index is -5.08. The van der Waals surface area contributed by atoms with Crippen LogP contribution in [0.25, 0.3) is 0 Å². The van der Waals surface area contributed by atoms with Gasteiger partial charge in [-0.3, -0.25) is 9.78 Å². The first-order valence-corrected chi connectivity index (χ1v) is 11.7. The number of alkyl halides is 3. The molecule has 2 unspecified atom stereocenters. The van der Waals surface area contributed by atoms with Gasteiger partial charge in [0.15, 0.2) is 0 Å². The van der Waals surface area contributed by atoms with Gasteiger partial charge in [0.25, 0.3) is 0 Å². The van der Waals surface area contributed by atoms with Crippen LogP contribution >= 0.6 is 0 Å². The Hall–Kier alpha value is -2.21. The van der Waals surface area contributed by atoms with E-state index in [0.717, 1.165) is 18.5 Å². The molecule has 1 aromatic heterocycles. The summed E-state index contributed by atoms with van der Waals surface area (Å²) in [6.45, 7) is 5.36. The van der Waals surface area contributed by atoms with Crippen LogP contribution in [-0.2, 0) is 26.2 Å². The molecule has 8 nitrogen and oxygen atoms in total. The number of carbonyl (C=O) groups excluding carboxylic acids is 1. The maximum absolute atomic E-state index is 12.7. The van der Waals surface area contributed by atoms with Crippen molar-refractivity contribution in [2.45, 2.75) is 39.4 Å². The fourth-order valence-electron chi connectivity index (χ4n) is 3.85. The van der Waals surface area contributed by atoms with E-state index in [9.17, 15) is 26.4 Å². The number of hydrogen-bond acceptors (Lipinski definition) is 5. The van der Waals surface area contributed by atoms with Gasteiger partial charge in [0.1, 0.15) is 0 Å². The average molecular weight is 480 g/mol. The molecule has 1 spiro atoms. The Kier molecular flexibility index (Phi) is 7.92. The molecule has 1 aliphatic carbocycles. The fraction of sp³-hybridized carbons (Fsp3) is 0.650. The molecule has 12 heteroatoms. The number of nitrogens with zero attached hydrogens (tertiary/aromatic N) is 3. The van der Waals surface area contributed by atoms with Crippen LogP contribution in [0.3, 0.4) is 0 Å². The summed E-state index contributed by atoms with van der Waals surface area (Å²) in [6, 6.07) is 5.67. The van der Waals surface area contributed by atoms with E-state index in [-0.39, 0.29) is 28.9 Å². The van der Waals surface area contributed by atoms with Gasteiger partial charge >= 0.3 is 12.1 Å². The lowest BCUT2D eigenvalue weighted by atomic mass is 10.0. The maximum atomic E-state index is 12.7. The van der Waals surface area contributed by atoms with E-state index in [2.05, 4.69) is 4.98 Å². The van der Waals surface area contributed by atoms with Gasteiger partial charge < -0.3 is 10.0 Å². The molecule has 2 fully saturated rings. The third-order valence-corrected chi connectivity index (χ3v) is 7.71. The minimum absolute atomic E-state index is 0.0551. The Morgan fingerprint density at radius 2 is 1.97 bits per heavy atom. The zero-order valence-corrected chi connectivity index (χ0v) is 19.0. The van der Waals surface area contributed by atoms with Gasteiger partial charge in [-0.25, -0.2) is 17.5 Å². The molecule has 32 heavy (non-hydrogen) atoms. The smallest absolute Gasteiger partial charge is 0.475 e. The van der Waals surface area contributed by atoms with E-state index in [1.165, 1.54) is 0 Å². The third kappa shape index (κ3) is 6.64. The van der Waals surface area contributed by atoms with E-state index < -0.39 is 22.2 Å². The Bertz CT molecular complexity index is 924. The SMILES string of the molecule is CC(C)CS(=O)(=O)N1CCC2(CC2C(=O)N(C)Cc2ccccn2)C1.O=C(O)C(F)(F)F. The Morgan fingerprint density at radius 1 is 1.34 bits per heavy atom. The number of carboxylic acid groups (broad SMARTS) is 1. The molecule has 2 atom stereocenters. The highest BCUT2D eigenvalue weighted by Crippen LogP contribution is 2.59. The number of aromatic nitrogens is 1. The van der Waals surface area contributed by atoms with Crippen molar-refractivity contribution in [2.75, 3.05) is 25.9 Å². The normalized spacial score (nSPS) is 23.0. The van der Waals surface area contributed by atoms with Gasteiger partial charge in [0, 0.05) is 32.3 Å². The molecular formula is C20H28F3N3O5S. The first-order valence-electron chi connectivity index (χ1n) is 10.1. The molecule has 3 rings (SSSR count). The highest BCUT2D eigenvalue weighted by Gasteiger charge is 2.62. The van der Waals surface area contributed by atoms with E-state index in [1.807, 2.05) is 32.0 Å². The molecule has 0 radical (unpaired) electrons. The van der Waals surface area contributed by atoms with Crippen molar-refractivity contribution in [2.24, 2.45) is 17.3 Å². The average Bonchev–Trinajstić information content (AvgIpc) is 3.18. The molecule has 2 heterocycles. The number of pyridine rings is 1. The summed E-state index contributed by atoms with van der Waals surface area (Å²) < 4.78 is 58.2. The van der Waals surface area contributed by atoms with Crippen molar-refractivity contribution in [3.8, 4) is 0 Å². The van der Waals surface area contributed by atoms with Crippen LogP contribution in [0.4, 0.5) is 13.2 Å². The standard InChI is InChI=1S/C18H27N3O3S.C2HF3O2/c1-14(2)12-25(23,24)21-9-7-18(13-21)10-16(18)17(22)20(3)11-15-6-4-5-8-19-15;3-2(4,5)1(6)7/h4-6,8,14,16H,7,9-13H2,1-3H3;(H,6,7). The van der Waals surface area contributed by atoms with Crippen LogP contribution in [-0.4, -0.2) is 71.7 Å². The summed E-state index contributed by atoms with van der Waals surface area (Å²) in [6.07, 6.45) is -1.77. The fourth-order valence-corrected chi connectivity index (χ4v) is 5.72. The molecule has 180 valence electrons. The van der Waals surface area contributed by atoms with Crippen molar-refractivity contribution < 1.29 is 36.3 Å². The zero-order chi connectivity index (χ0) is 24.3. The predicted molar refractivity (Wildman–Crippen MR) is 110 cm³/mol. The lowest BCUT2D eigenvalue weighted by molar-refractivity contribution is -0.192. The lowest BCUT2D eigenvalue weighted by Crippen LogP contribution is -2.34. The minimum Gasteiger partial charge on any atom is -0.475 e. The summed E-state index contributed by atoms with van der Waals surface area (Å²) in [7, 11) is -1.41. The number of aliphatic carboxylic acids is 1. The largest absolute Gasteiger partial charge is 0.490 e. The van der Waals surface area contributed by atoms with Crippen LogP contribution < -0.4 is 0 Å². The summed E-state index contributed by atoms with van der Waals surface area (Å²) in [5, 5.41) is 7.12. The summed E-state index contributed by atoms with van der Waals surface area (Å²) in [4.78, 5) is 27.6. The van der Waals surface area contributed by atoms with Crippen LogP contribution in [0.5, 0.6) is 0 Å². The lowest BCUT2D eigenvalue weighted by Gasteiger charge is -2.20. The number of sulfonamides is 1. The van der Waals surface area contributed by atoms with E-state index >= 15 is 0 Å². The first kappa shape index (κ1) is 26.0. The van der Waals surface area contributed by atoms with Crippen molar-refractivity contribution in [3.05, 3.63) is 30.1 Å². The number of amides is 1. The Labute approximate surface area is 185 Å².